The van der Waals surface area contributed by atoms with Crippen LogP contribution in [0.15, 0.2) is 54.6 Å². The highest BCUT2D eigenvalue weighted by molar-refractivity contribution is 6.34. The first kappa shape index (κ1) is 22.1. The lowest BCUT2D eigenvalue weighted by molar-refractivity contribution is -0.120. The molecule has 0 atom stereocenters. The first-order chi connectivity index (χ1) is 15.5. The predicted molar refractivity (Wildman–Crippen MR) is 128 cm³/mol. The van der Waals surface area contributed by atoms with E-state index in [0.29, 0.717) is 22.1 Å². The highest BCUT2D eigenvalue weighted by atomic mass is 35.5. The fourth-order valence-electron chi connectivity index (χ4n) is 4.06. The molecule has 3 aromatic rings. The lowest BCUT2D eigenvalue weighted by Gasteiger charge is -2.13. The van der Waals surface area contributed by atoms with Gasteiger partial charge in [-0.2, -0.15) is 5.10 Å². The Morgan fingerprint density at radius 1 is 0.969 bits per heavy atom. The van der Waals surface area contributed by atoms with Gasteiger partial charge in [0.05, 0.1) is 16.3 Å². The minimum atomic E-state index is -0.260. The average molecular weight is 451 g/mol. The predicted octanol–water partition coefficient (Wildman–Crippen LogP) is 5.90. The number of carbonyl (C=O) groups excluding carboxylic acids is 2. The number of nitrogens with one attached hydrogen (secondary N) is 2. The average Bonchev–Trinajstić information content (AvgIpc) is 2.98. The normalized spacial score (nSPS) is 14.6. The van der Waals surface area contributed by atoms with Crippen LogP contribution in [0.5, 0.6) is 0 Å². The van der Waals surface area contributed by atoms with Crippen molar-refractivity contribution < 1.29 is 9.59 Å². The fraction of sp³-hybridized carbons (Fsp3) is 0.320. The molecule has 1 heterocycles. The molecule has 0 unspecified atom stereocenters. The minimum absolute atomic E-state index is 0.0804. The van der Waals surface area contributed by atoms with Gasteiger partial charge in [0.15, 0.2) is 0 Å². The third-order valence-corrected chi connectivity index (χ3v) is 6.24. The van der Waals surface area contributed by atoms with Gasteiger partial charge in [-0.3, -0.25) is 14.3 Å². The van der Waals surface area contributed by atoms with Gasteiger partial charge in [0.25, 0.3) is 5.91 Å². The highest BCUT2D eigenvalue weighted by Crippen LogP contribution is 2.27. The molecule has 2 aromatic carbocycles. The van der Waals surface area contributed by atoms with E-state index in [2.05, 4.69) is 15.7 Å². The molecule has 0 aliphatic heterocycles. The van der Waals surface area contributed by atoms with Crippen molar-refractivity contribution in [1.82, 2.24) is 9.78 Å². The number of anilines is 2. The van der Waals surface area contributed by atoms with Gasteiger partial charge in [0.1, 0.15) is 5.82 Å². The molecule has 0 saturated heterocycles. The van der Waals surface area contributed by atoms with Gasteiger partial charge in [-0.15, -0.1) is 0 Å². The van der Waals surface area contributed by atoms with Gasteiger partial charge < -0.3 is 10.6 Å². The van der Waals surface area contributed by atoms with Gasteiger partial charge in [0.2, 0.25) is 5.91 Å². The molecule has 0 spiro atoms. The SMILES string of the molecule is Cn1nc(-c2ccc(NC(=O)c3ccccc3Cl)cc2)cc1NC(=O)C1CCCCCC1. The van der Waals surface area contributed by atoms with Crippen LogP contribution in [0.3, 0.4) is 0 Å². The maximum Gasteiger partial charge on any atom is 0.257 e. The largest absolute Gasteiger partial charge is 0.322 e. The van der Waals surface area contributed by atoms with E-state index >= 15 is 0 Å². The molecule has 4 rings (SSSR count). The van der Waals surface area contributed by atoms with Crippen molar-refractivity contribution in [2.75, 3.05) is 10.6 Å². The Morgan fingerprint density at radius 2 is 1.66 bits per heavy atom. The highest BCUT2D eigenvalue weighted by Gasteiger charge is 2.21. The number of rotatable bonds is 5. The third-order valence-electron chi connectivity index (χ3n) is 5.91. The Morgan fingerprint density at radius 3 is 2.34 bits per heavy atom. The second-order valence-electron chi connectivity index (χ2n) is 8.23. The smallest absolute Gasteiger partial charge is 0.257 e. The molecule has 1 aromatic heterocycles. The number of halogens is 1. The Labute approximate surface area is 193 Å². The summed E-state index contributed by atoms with van der Waals surface area (Å²) in [7, 11) is 1.82. The first-order valence-electron chi connectivity index (χ1n) is 11.0. The van der Waals surface area contributed by atoms with E-state index in [0.717, 1.165) is 36.9 Å². The summed E-state index contributed by atoms with van der Waals surface area (Å²) in [5, 5.41) is 10.9. The standard InChI is InChI=1S/C25H27ClN4O2/c1-30-23(28-24(31)18-8-4-2-3-5-9-18)16-22(29-30)17-12-14-19(15-13-17)27-25(32)20-10-6-7-11-21(20)26/h6-7,10-16,18H,2-5,8-9H2,1H3,(H,27,32)(H,28,31). The van der Waals surface area contributed by atoms with Gasteiger partial charge in [0, 0.05) is 30.3 Å². The molecular formula is C25H27ClN4O2. The number of aryl methyl sites for hydroxylation is 1. The van der Waals surface area contributed by atoms with E-state index < -0.39 is 0 Å². The van der Waals surface area contributed by atoms with Crippen LogP contribution < -0.4 is 10.6 Å². The molecule has 1 aliphatic carbocycles. The van der Waals surface area contributed by atoms with Gasteiger partial charge in [-0.05, 0) is 37.1 Å². The number of hydrogen-bond donors (Lipinski definition) is 2. The summed E-state index contributed by atoms with van der Waals surface area (Å²) in [6.45, 7) is 0. The van der Waals surface area contributed by atoms with E-state index in [1.165, 1.54) is 12.8 Å². The molecule has 1 fully saturated rings. The van der Waals surface area contributed by atoms with Gasteiger partial charge in [-0.25, -0.2) is 0 Å². The summed E-state index contributed by atoms with van der Waals surface area (Å²) < 4.78 is 1.69. The Bertz CT molecular complexity index is 1100. The summed E-state index contributed by atoms with van der Waals surface area (Å²) >= 11 is 6.10. The Kier molecular flexibility index (Phi) is 6.90. The first-order valence-corrected chi connectivity index (χ1v) is 11.4. The topological polar surface area (TPSA) is 76.0 Å². The summed E-state index contributed by atoms with van der Waals surface area (Å²) in [4.78, 5) is 25.1. The Balaban J connectivity index is 1.42. The van der Waals surface area contributed by atoms with Crippen molar-refractivity contribution in [3.05, 3.63) is 65.2 Å². The van der Waals surface area contributed by atoms with Crippen molar-refractivity contribution in [3.8, 4) is 11.3 Å². The van der Waals surface area contributed by atoms with Crippen LogP contribution in [0, 0.1) is 5.92 Å². The fourth-order valence-corrected chi connectivity index (χ4v) is 4.28. The number of benzene rings is 2. The molecule has 2 N–H and O–H groups in total. The molecular weight excluding hydrogens is 424 g/mol. The minimum Gasteiger partial charge on any atom is -0.322 e. The summed E-state index contributed by atoms with van der Waals surface area (Å²) in [6.07, 6.45) is 6.58. The maximum atomic E-state index is 12.7. The number of nitrogens with zero attached hydrogens (tertiary/aromatic N) is 2. The quantitative estimate of drug-likeness (QED) is 0.475. The molecule has 166 valence electrons. The van der Waals surface area contributed by atoms with Crippen molar-refractivity contribution in [3.63, 3.8) is 0 Å². The van der Waals surface area contributed by atoms with E-state index in [9.17, 15) is 9.59 Å². The number of aromatic nitrogens is 2. The van der Waals surface area contributed by atoms with E-state index in [1.807, 2.05) is 37.4 Å². The summed E-state index contributed by atoms with van der Waals surface area (Å²) in [5.41, 5.74) is 2.74. The Hall–Kier alpha value is -3.12. The second-order valence-corrected chi connectivity index (χ2v) is 8.63. The van der Waals surface area contributed by atoms with Crippen LogP contribution in [0.4, 0.5) is 11.5 Å². The molecule has 0 radical (unpaired) electrons. The van der Waals surface area contributed by atoms with E-state index in [1.54, 1.807) is 28.9 Å². The zero-order valence-electron chi connectivity index (χ0n) is 18.1. The van der Waals surface area contributed by atoms with Crippen LogP contribution in [-0.2, 0) is 11.8 Å². The van der Waals surface area contributed by atoms with Crippen molar-refractivity contribution in [2.24, 2.45) is 13.0 Å². The lowest BCUT2D eigenvalue weighted by Crippen LogP contribution is -2.23. The van der Waals surface area contributed by atoms with E-state index in [4.69, 9.17) is 11.6 Å². The van der Waals surface area contributed by atoms with Crippen molar-refractivity contribution >= 4 is 34.9 Å². The lowest BCUT2D eigenvalue weighted by atomic mass is 9.99. The monoisotopic (exact) mass is 450 g/mol. The summed E-state index contributed by atoms with van der Waals surface area (Å²) in [6, 6.07) is 16.2. The molecule has 7 heteroatoms. The number of amides is 2. The van der Waals surface area contributed by atoms with Crippen LogP contribution in [0.2, 0.25) is 5.02 Å². The number of hydrogen-bond acceptors (Lipinski definition) is 3. The van der Waals surface area contributed by atoms with Crippen LogP contribution in [0.25, 0.3) is 11.3 Å². The second kappa shape index (κ2) is 10.0. The van der Waals surface area contributed by atoms with Crippen LogP contribution in [-0.4, -0.2) is 21.6 Å². The van der Waals surface area contributed by atoms with E-state index in [-0.39, 0.29) is 17.7 Å². The van der Waals surface area contributed by atoms with Gasteiger partial charge in [-0.1, -0.05) is 61.5 Å². The molecule has 2 amide bonds. The van der Waals surface area contributed by atoms with Gasteiger partial charge >= 0.3 is 0 Å². The zero-order chi connectivity index (χ0) is 22.5. The molecule has 1 saturated carbocycles. The molecule has 6 nitrogen and oxygen atoms in total. The zero-order valence-corrected chi connectivity index (χ0v) is 18.9. The third kappa shape index (κ3) is 5.19. The van der Waals surface area contributed by atoms with Crippen molar-refractivity contribution in [2.45, 2.75) is 38.5 Å². The van der Waals surface area contributed by atoms with Crippen LogP contribution >= 0.6 is 11.6 Å². The van der Waals surface area contributed by atoms with Crippen LogP contribution in [0.1, 0.15) is 48.9 Å². The molecule has 0 bridgehead atoms. The number of carbonyl (C=O) groups is 2. The molecule has 1 aliphatic rings. The molecule has 32 heavy (non-hydrogen) atoms. The maximum absolute atomic E-state index is 12.7. The summed E-state index contributed by atoms with van der Waals surface area (Å²) in [5.74, 6) is 0.589. The van der Waals surface area contributed by atoms with Crippen molar-refractivity contribution in [1.29, 1.82) is 0 Å².